The Kier molecular flexibility index (Phi) is 17.7. The number of aryl methyl sites for hydroxylation is 1. The molecule has 0 amide bonds. The first-order valence-electron chi connectivity index (χ1n) is 11.1. The molecule has 0 bridgehead atoms. The average Bonchev–Trinajstić information content (AvgIpc) is 3.27. The van der Waals surface area contributed by atoms with Crippen molar-refractivity contribution in [1.82, 2.24) is 0 Å². The number of aromatic hydroxyl groups is 1. The molecule has 0 radical (unpaired) electrons. The average molecular weight is 401 g/mol. The maximum atomic E-state index is 10.8. The summed E-state index contributed by atoms with van der Waals surface area (Å²) in [5.74, 6) is 7.00. The van der Waals surface area contributed by atoms with E-state index >= 15 is 0 Å². The number of carbonyl (C=O) groups is 1. The van der Waals surface area contributed by atoms with Gasteiger partial charge in [-0.1, -0.05) is 57.0 Å². The molecule has 1 fully saturated rings. The van der Waals surface area contributed by atoms with Crippen molar-refractivity contribution in [3.63, 3.8) is 0 Å². The lowest BCUT2D eigenvalue weighted by atomic mass is 10.1. The van der Waals surface area contributed by atoms with Gasteiger partial charge in [0.05, 0.1) is 7.11 Å². The molecule has 0 spiro atoms. The van der Waals surface area contributed by atoms with Gasteiger partial charge in [0.25, 0.3) is 0 Å². The van der Waals surface area contributed by atoms with Crippen LogP contribution in [0.2, 0.25) is 0 Å². The number of benzene rings is 1. The molecule has 0 heterocycles. The van der Waals surface area contributed by atoms with Crippen LogP contribution in [0.5, 0.6) is 5.75 Å². The maximum absolute atomic E-state index is 10.8. The molecular formula is C26H40O3. The fourth-order valence-electron chi connectivity index (χ4n) is 3.12. The highest BCUT2D eigenvalue weighted by Gasteiger charge is 2.10. The van der Waals surface area contributed by atoms with Crippen LogP contribution in [0, 0.1) is 17.8 Å². The van der Waals surface area contributed by atoms with E-state index in [1.807, 2.05) is 32.9 Å². The van der Waals surface area contributed by atoms with E-state index < -0.39 is 0 Å². The monoisotopic (exact) mass is 400 g/mol. The molecule has 1 aliphatic carbocycles. The third kappa shape index (κ3) is 14.4. The summed E-state index contributed by atoms with van der Waals surface area (Å²) in [4.78, 5) is 10.8. The highest BCUT2D eigenvalue weighted by atomic mass is 16.5. The lowest BCUT2D eigenvalue weighted by Crippen LogP contribution is -2.00. The molecule has 162 valence electrons. The van der Waals surface area contributed by atoms with Crippen molar-refractivity contribution < 1.29 is 14.6 Å². The van der Waals surface area contributed by atoms with Gasteiger partial charge in [0.1, 0.15) is 5.75 Å². The minimum atomic E-state index is -0.208. The quantitative estimate of drug-likeness (QED) is 0.225. The number of unbranched alkanes of at least 4 members (excludes halogenated alkanes) is 2. The molecule has 0 unspecified atom stereocenters. The molecule has 1 aromatic carbocycles. The summed E-state index contributed by atoms with van der Waals surface area (Å²) in [7, 11) is 1.38. The number of phenolic OH excluding ortho intramolecular Hbond substituents is 1. The molecular weight excluding hydrogens is 360 g/mol. The normalized spacial score (nSPS) is 12.8. The first kappa shape index (κ1) is 26.8. The van der Waals surface area contributed by atoms with E-state index in [9.17, 15) is 9.90 Å². The Morgan fingerprint density at radius 1 is 1.21 bits per heavy atom. The van der Waals surface area contributed by atoms with Gasteiger partial charge in [-0.3, -0.25) is 4.79 Å². The van der Waals surface area contributed by atoms with Crippen LogP contribution in [0.15, 0.2) is 36.4 Å². The van der Waals surface area contributed by atoms with Gasteiger partial charge in [0, 0.05) is 12.8 Å². The van der Waals surface area contributed by atoms with E-state index in [1.54, 1.807) is 12.1 Å². The lowest BCUT2D eigenvalue weighted by Gasteiger charge is -2.02. The van der Waals surface area contributed by atoms with E-state index in [2.05, 4.69) is 28.7 Å². The second-order valence-electron chi connectivity index (χ2n) is 6.85. The Balaban J connectivity index is 0.000000499. The number of phenols is 1. The summed E-state index contributed by atoms with van der Waals surface area (Å²) in [5, 5.41) is 9.42. The van der Waals surface area contributed by atoms with Gasteiger partial charge in [-0.05, 0) is 63.0 Å². The Bertz CT molecular complexity index is 616. The van der Waals surface area contributed by atoms with Gasteiger partial charge in [-0.15, -0.1) is 11.8 Å². The molecule has 0 aliphatic heterocycles. The number of hydrogen-bond donors (Lipinski definition) is 1. The lowest BCUT2D eigenvalue weighted by molar-refractivity contribution is -0.140. The zero-order chi connectivity index (χ0) is 21.7. The van der Waals surface area contributed by atoms with Crippen molar-refractivity contribution >= 4 is 5.97 Å². The molecule has 1 aromatic rings. The van der Waals surface area contributed by atoms with Crippen LogP contribution in [0.25, 0.3) is 0 Å². The predicted octanol–water partition coefficient (Wildman–Crippen LogP) is 6.84. The molecule has 1 N–H and O–H groups in total. The van der Waals surface area contributed by atoms with Crippen LogP contribution in [0.1, 0.15) is 84.1 Å². The number of allylic oxidation sites excluding steroid dienone is 2. The minimum Gasteiger partial charge on any atom is -0.508 e. The summed E-state index contributed by atoms with van der Waals surface area (Å²) in [6.45, 7) is 5.91. The van der Waals surface area contributed by atoms with E-state index in [-0.39, 0.29) is 11.7 Å². The van der Waals surface area contributed by atoms with Gasteiger partial charge in [-0.25, -0.2) is 0 Å². The van der Waals surface area contributed by atoms with Gasteiger partial charge in [-0.2, -0.15) is 0 Å². The van der Waals surface area contributed by atoms with E-state index in [0.717, 1.165) is 17.9 Å². The highest BCUT2D eigenvalue weighted by molar-refractivity contribution is 5.69. The van der Waals surface area contributed by atoms with E-state index in [0.29, 0.717) is 19.3 Å². The summed E-state index contributed by atoms with van der Waals surface area (Å²) in [5.41, 5.74) is 0.872. The molecule has 1 aliphatic rings. The zero-order valence-electron chi connectivity index (χ0n) is 18.9. The van der Waals surface area contributed by atoms with Crippen molar-refractivity contribution in [2.45, 2.75) is 85.0 Å². The number of methoxy groups -OCH3 is 1. The third-order valence-corrected chi connectivity index (χ3v) is 4.70. The molecule has 1 saturated carbocycles. The van der Waals surface area contributed by atoms with Crippen LogP contribution in [0.4, 0.5) is 0 Å². The van der Waals surface area contributed by atoms with Gasteiger partial charge in [0.2, 0.25) is 0 Å². The van der Waals surface area contributed by atoms with Crippen molar-refractivity contribution in [3.05, 3.63) is 42.0 Å². The first-order valence-corrected chi connectivity index (χ1v) is 11.1. The Morgan fingerprint density at radius 3 is 2.52 bits per heavy atom. The number of ether oxygens (including phenoxy) is 1. The van der Waals surface area contributed by atoms with Gasteiger partial charge >= 0.3 is 5.97 Å². The molecule has 3 nitrogen and oxygen atoms in total. The number of para-hydroxylation sites is 1. The minimum absolute atomic E-state index is 0.208. The molecule has 3 heteroatoms. The van der Waals surface area contributed by atoms with Crippen LogP contribution < -0.4 is 0 Å². The van der Waals surface area contributed by atoms with Crippen molar-refractivity contribution in [3.8, 4) is 17.6 Å². The smallest absolute Gasteiger partial charge is 0.305 e. The van der Waals surface area contributed by atoms with Crippen LogP contribution in [-0.4, -0.2) is 18.2 Å². The SMILES string of the molecule is CC.CC#CCCC/C=C/C1CCCC1.COC(=O)CCCc1ccccc1O. The molecule has 0 atom stereocenters. The second-order valence-corrected chi connectivity index (χ2v) is 6.85. The summed E-state index contributed by atoms with van der Waals surface area (Å²) in [6.07, 6.45) is 15.8. The van der Waals surface area contributed by atoms with Crippen LogP contribution >= 0.6 is 0 Å². The Morgan fingerprint density at radius 2 is 1.90 bits per heavy atom. The van der Waals surface area contributed by atoms with Gasteiger partial charge < -0.3 is 9.84 Å². The highest BCUT2D eigenvalue weighted by Crippen LogP contribution is 2.25. The summed E-state index contributed by atoms with van der Waals surface area (Å²) >= 11 is 0. The second kappa shape index (κ2) is 19.1. The Labute approximate surface area is 178 Å². The molecule has 0 saturated heterocycles. The van der Waals surface area contributed by atoms with E-state index in [4.69, 9.17) is 0 Å². The van der Waals surface area contributed by atoms with Crippen LogP contribution in [0.3, 0.4) is 0 Å². The molecule has 2 rings (SSSR count). The maximum Gasteiger partial charge on any atom is 0.305 e. The van der Waals surface area contributed by atoms with Gasteiger partial charge in [0.15, 0.2) is 0 Å². The number of hydrogen-bond acceptors (Lipinski definition) is 3. The summed E-state index contributed by atoms with van der Waals surface area (Å²) < 4.78 is 4.52. The fraction of sp³-hybridized carbons (Fsp3) is 0.577. The van der Waals surface area contributed by atoms with E-state index in [1.165, 1.54) is 45.6 Å². The third-order valence-electron chi connectivity index (χ3n) is 4.70. The topological polar surface area (TPSA) is 46.5 Å². The van der Waals surface area contributed by atoms with Crippen LogP contribution in [-0.2, 0) is 16.0 Å². The number of esters is 1. The largest absolute Gasteiger partial charge is 0.508 e. The predicted molar refractivity (Wildman–Crippen MR) is 123 cm³/mol. The first-order chi connectivity index (χ1) is 14.2. The number of carbonyl (C=O) groups excluding carboxylic acids is 1. The number of rotatable bonds is 8. The molecule has 29 heavy (non-hydrogen) atoms. The zero-order valence-corrected chi connectivity index (χ0v) is 18.9. The van der Waals surface area contributed by atoms with Crippen molar-refractivity contribution in [2.75, 3.05) is 7.11 Å². The standard InChI is InChI=1S/C13H20.C11H14O3.C2H6/c1-2-3-4-5-6-7-10-13-11-8-9-12-13;1-14-11(13)8-4-6-9-5-2-3-7-10(9)12;1-2/h7,10,13H,4-6,8-9,11-12H2,1H3;2-3,5,7,12H,4,6,8H2,1H3;1-2H3/b10-7+;;. The fourth-order valence-corrected chi connectivity index (χ4v) is 3.12. The Hall–Kier alpha value is -2.21. The molecule has 0 aromatic heterocycles. The summed E-state index contributed by atoms with van der Waals surface area (Å²) in [6, 6.07) is 7.15. The van der Waals surface area contributed by atoms with Crippen molar-refractivity contribution in [2.24, 2.45) is 5.92 Å². The van der Waals surface area contributed by atoms with Crippen molar-refractivity contribution in [1.29, 1.82) is 0 Å².